The number of hydrogen-bond donors (Lipinski definition) is 1. The van der Waals surface area contributed by atoms with Gasteiger partial charge in [-0.2, -0.15) is 0 Å². The Bertz CT molecular complexity index is 894. The minimum absolute atomic E-state index is 0.0199. The zero-order chi connectivity index (χ0) is 17.4. The maximum Gasteiger partial charge on any atom is 0.170 e. The number of imidazole rings is 1. The van der Waals surface area contributed by atoms with E-state index in [0.29, 0.717) is 6.54 Å². The van der Waals surface area contributed by atoms with Crippen LogP contribution in [0.3, 0.4) is 0 Å². The first-order chi connectivity index (χ1) is 12.8. The first-order valence-corrected chi connectivity index (χ1v) is 9.17. The molecule has 4 heterocycles. The van der Waals surface area contributed by atoms with Crippen molar-refractivity contribution < 1.29 is 4.74 Å². The third-order valence-corrected chi connectivity index (χ3v) is 5.44. The van der Waals surface area contributed by atoms with Crippen molar-refractivity contribution in [2.75, 3.05) is 19.8 Å². The number of nitrogens with zero attached hydrogens (tertiary/aromatic N) is 5. The molecule has 2 aromatic heterocycles. The topological polar surface area (TPSA) is 69.8 Å². The van der Waals surface area contributed by atoms with Crippen molar-refractivity contribution in [1.29, 1.82) is 0 Å². The van der Waals surface area contributed by atoms with Crippen molar-refractivity contribution >= 4 is 0 Å². The van der Waals surface area contributed by atoms with E-state index >= 15 is 0 Å². The molecule has 5 rings (SSSR count). The predicted molar refractivity (Wildman–Crippen MR) is 96.1 cm³/mol. The van der Waals surface area contributed by atoms with Gasteiger partial charge >= 0.3 is 0 Å². The van der Waals surface area contributed by atoms with E-state index in [2.05, 4.69) is 20.0 Å². The van der Waals surface area contributed by atoms with Gasteiger partial charge in [0.15, 0.2) is 5.82 Å². The molecule has 0 radical (unpaired) electrons. The summed E-state index contributed by atoms with van der Waals surface area (Å²) in [6, 6.07) is 10.1. The van der Waals surface area contributed by atoms with Crippen LogP contribution >= 0.6 is 0 Å². The lowest BCUT2D eigenvalue weighted by molar-refractivity contribution is 0.0322. The number of aromatic nitrogens is 5. The summed E-state index contributed by atoms with van der Waals surface area (Å²) in [5.41, 5.74) is 3.49. The molecule has 3 aromatic rings. The van der Waals surface area contributed by atoms with Gasteiger partial charge in [-0.25, -0.2) is 14.6 Å². The third kappa shape index (κ3) is 2.64. The van der Waals surface area contributed by atoms with Gasteiger partial charge in [0.25, 0.3) is 0 Å². The van der Waals surface area contributed by atoms with E-state index in [0.717, 1.165) is 50.5 Å². The summed E-state index contributed by atoms with van der Waals surface area (Å²) in [4.78, 5) is 9.27. The monoisotopic (exact) mass is 350 g/mol. The molecule has 0 aliphatic carbocycles. The number of ether oxygens (including phenoxy) is 1. The summed E-state index contributed by atoms with van der Waals surface area (Å²) >= 11 is 0. The number of para-hydroxylation sites is 1. The summed E-state index contributed by atoms with van der Waals surface area (Å²) in [6.07, 6.45) is 6.67. The smallest absolute Gasteiger partial charge is 0.170 e. The molecule has 1 aromatic carbocycles. The molecule has 1 saturated heterocycles. The molecule has 0 bridgehead atoms. The molecule has 26 heavy (non-hydrogen) atoms. The highest BCUT2D eigenvalue weighted by Crippen LogP contribution is 2.36. The van der Waals surface area contributed by atoms with Gasteiger partial charge in [-0.05, 0) is 25.0 Å². The molecule has 7 heteroatoms. The molecular formula is C19H22N6O. The largest absolute Gasteiger partial charge is 0.381 e. The number of nitrogens with one attached hydrogen (secondary N) is 1. The summed E-state index contributed by atoms with van der Waals surface area (Å²) in [5, 5.41) is 8.33. The van der Waals surface area contributed by atoms with Crippen molar-refractivity contribution in [3.05, 3.63) is 60.2 Å². The van der Waals surface area contributed by atoms with E-state index in [4.69, 9.17) is 9.72 Å². The Morgan fingerprint density at radius 2 is 1.92 bits per heavy atom. The first-order valence-electron chi connectivity index (χ1n) is 9.17. The zero-order valence-corrected chi connectivity index (χ0v) is 14.6. The minimum Gasteiger partial charge on any atom is -0.381 e. The van der Waals surface area contributed by atoms with Crippen LogP contribution in [0.4, 0.5) is 0 Å². The van der Waals surface area contributed by atoms with Crippen molar-refractivity contribution in [1.82, 2.24) is 29.6 Å². The summed E-state index contributed by atoms with van der Waals surface area (Å²) in [5.74, 6) is 0.800. The molecule has 0 saturated carbocycles. The van der Waals surface area contributed by atoms with Crippen LogP contribution in [-0.2, 0) is 23.2 Å². The van der Waals surface area contributed by atoms with Crippen LogP contribution in [0.1, 0.15) is 30.1 Å². The first kappa shape index (κ1) is 15.7. The number of hydrogen-bond acceptors (Lipinski definition) is 5. The lowest BCUT2D eigenvalue weighted by atomic mass is 9.82. The minimum atomic E-state index is -0.0199. The van der Waals surface area contributed by atoms with Gasteiger partial charge in [0, 0.05) is 31.9 Å². The quantitative estimate of drug-likeness (QED) is 0.778. The second kappa shape index (κ2) is 6.34. The molecule has 1 fully saturated rings. The van der Waals surface area contributed by atoms with E-state index in [1.807, 2.05) is 41.3 Å². The summed E-state index contributed by atoms with van der Waals surface area (Å²) in [6.45, 7) is 3.21. The maximum atomic E-state index is 5.56. The van der Waals surface area contributed by atoms with Crippen LogP contribution in [0.25, 0.3) is 5.69 Å². The van der Waals surface area contributed by atoms with Crippen molar-refractivity contribution in [3.63, 3.8) is 0 Å². The van der Waals surface area contributed by atoms with Gasteiger partial charge in [0.1, 0.15) is 6.33 Å². The number of fused-ring (bicyclic) bond motifs is 2. The SMILES string of the molecule is c1ccc(-n2cnc(Cn3cnc4c3CCNC43CCOCC3)n2)cc1. The molecular weight excluding hydrogens is 328 g/mol. The predicted octanol–water partition coefficient (Wildman–Crippen LogP) is 1.66. The second-order valence-corrected chi connectivity index (χ2v) is 6.98. The van der Waals surface area contributed by atoms with Crippen LogP contribution in [0, 0.1) is 0 Å². The van der Waals surface area contributed by atoms with Gasteiger partial charge in [-0.3, -0.25) is 0 Å². The van der Waals surface area contributed by atoms with E-state index in [-0.39, 0.29) is 5.54 Å². The Morgan fingerprint density at radius 3 is 2.77 bits per heavy atom. The molecule has 7 nitrogen and oxygen atoms in total. The average Bonchev–Trinajstić information content (AvgIpc) is 3.32. The summed E-state index contributed by atoms with van der Waals surface area (Å²) < 4.78 is 9.59. The molecule has 0 unspecified atom stereocenters. The number of benzene rings is 1. The molecule has 134 valence electrons. The fourth-order valence-electron chi connectivity index (χ4n) is 4.07. The Balaban J connectivity index is 1.42. The van der Waals surface area contributed by atoms with Crippen LogP contribution in [0.5, 0.6) is 0 Å². The van der Waals surface area contributed by atoms with E-state index < -0.39 is 0 Å². The highest BCUT2D eigenvalue weighted by atomic mass is 16.5. The lowest BCUT2D eigenvalue weighted by Crippen LogP contribution is -2.51. The molecule has 0 atom stereocenters. The Morgan fingerprint density at radius 1 is 1.08 bits per heavy atom. The van der Waals surface area contributed by atoms with Crippen molar-refractivity contribution in [2.24, 2.45) is 0 Å². The molecule has 2 aliphatic heterocycles. The van der Waals surface area contributed by atoms with Crippen molar-refractivity contribution in [3.8, 4) is 5.69 Å². The van der Waals surface area contributed by atoms with Crippen molar-refractivity contribution in [2.45, 2.75) is 31.3 Å². The highest BCUT2D eigenvalue weighted by molar-refractivity contribution is 5.30. The highest BCUT2D eigenvalue weighted by Gasteiger charge is 2.40. The summed E-state index contributed by atoms with van der Waals surface area (Å²) in [7, 11) is 0. The third-order valence-electron chi connectivity index (χ3n) is 5.44. The Hall–Kier alpha value is -2.51. The molecule has 1 N–H and O–H groups in total. The maximum absolute atomic E-state index is 5.56. The zero-order valence-electron chi connectivity index (χ0n) is 14.6. The Kier molecular flexibility index (Phi) is 3.83. The van der Waals surface area contributed by atoms with Crippen LogP contribution in [0.2, 0.25) is 0 Å². The van der Waals surface area contributed by atoms with Crippen LogP contribution in [-0.4, -0.2) is 44.1 Å². The van der Waals surface area contributed by atoms with E-state index in [9.17, 15) is 0 Å². The second-order valence-electron chi connectivity index (χ2n) is 6.98. The van der Waals surface area contributed by atoms with Crippen LogP contribution in [0.15, 0.2) is 43.0 Å². The van der Waals surface area contributed by atoms with Gasteiger partial charge < -0.3 is 14.6 Å². The molecule has 2 aliphatic rings. The normalized spacial score (nSPS) is 18.8. The fraction of sp³-hybridized carbons (Fsp3) is 0.421. The number of rotatable bonds is 3. The Labute approximate surface area is 152 Å². The average molecular weight is 350 g/mol. The van der Waals surface area contributed by atoms with Gasteiger partial charge in [-0.1, -0.05) is 18.2 Å². The fourth-order valence-corrected chi connectivity index (χ4v) is 4.07. The van der Waals surface area contributed by atoms with Gasteiger partial charge in [0.05, 0.1) is 29.8 Å². The molecule has 1 spiro atoms. The van der Waals surface area contributed by atoms with Gasteiger partial charge in [0.2, 0.25) is 0 Å². The van der Waals surface area contributed by atoms with Crippen LogP contribution < -0.4 is 5.32 Å². The lowest BCUT2D eigenvalue weighted by Gasteiger charge is -2.40. The van der Waals surface area contributed by atoms with E-state index in [1.54, 1.807) is 6.33 Å². The standard InChI is InChI=1S/C19H22N6O/c1-2-4-15(5-3-1)25-14-20-17(23-25)12-24-13-21-18-16(24)6-9-22-19(18)7-10-26-11-8-19/h1-5,13-14,22H,6-12H2. The van der Waals surface area contributed by atoms with Gasteiger partial charge in [-0.15, -0.1) is 5.10 Å². The molecule has 0 amide bonds. The van der Waals surface area contributed by atoms with E-state index in [1.165, 1.54) is 11.4 Å².